The van der Waals surface area contributed by atoms with Gasteiger partial charge >= 0.3 is 6.03 Å². The molecule has 0 saturated heterocycles. The Hall–Kier alpha value is -2.70. The molecule has 0 bridgehead atoms. The molecule has 1 aliphatic rings. The highest BCUT2D eigenvalue weighted by Crippen LogP contribution is 2.27. The molecule has 1 aliphatic heterocycles. The van der Waals surface area contributed by atoms with Gasteiger partial charge in [0.05, 0.1) is 14.2 Å². The number of nitrogens with one attached hydrogen (secondary N) is 2. The van der Waals surface area contributed by atoms with Gasteiger partial charge in [-0.1, -0.05) is 6.07 Å². The van der Waals surface area contributed by atoms with Crippen molar-refractivity contribution in [2.45, 2.75) is 32.0 Å². The summed E-state index contributed by atoms with van der Waals surface area (Å²) in [7, 11) is 3.19. The lowest BCUT2D eigenvalue weighted by Crippen LogP contribution is -2.45. The molecule has 0 fully saturated rings. The van der Waals surface area contributed by atoms with Crippen LogP contribution in [0.2, 0.25) is 0 Å². The topological polar surface area (TPSA) is 77.4 Å². The van der Waals surface area contributed by atoms with Crippen LogP contribution in [0.15, 0.2) is 30.5 Å². The minimum Gasteiger partial charge on any atom is -0.493 e. The van der Waals surface area contributed by atoms with Crippen LogP contribution in [-0.2, 0) is 19.5 Å². The second-order valence-electron chi connectivity index (χ2n) is 5.75. The lowest BCUT2D eigenvalue weighted by atomic mass is 10.0. The van der Waals surface area contributed by atoms with E-state index in [1.807, 2.05) is 28.9 Å². The molecule has 0 radical (unpaired) electrons. The molecule has 3 rings (SSSR count). The Morgan fingerprint density at radius 2 is 2.12 bits per heavy atom. The zero-order chi connectivity index (χ0) is 16.9. The third-order valence-corrected chi connectivity index (χ3v) is 4.19. The van der Waals surface area contributed by atoms with E-state index in [2.05, 4.69) is 15.7 Å². The zero-order valence-electron chi connectivity index (χ0n) is 13.9. The van der Waals surface area contributed by atoms with Crippen LogP contribution < -0.4 is 20.1 Å². The molecule has 2 aromatic rings. The molecule has 7 heteroatoms. The molecule has 1 aromatic heterocycles. The van der Waals surface area contributed by atoms with Crippen LogP contribution in [0.5, 0.6) is 11.5 Å². The zero-order valence-corrected chi connectivity index (χ0v) is 13.9. The standard InChI is InChI=1S/C17H22N4O3/c1-23-15-4-3-12(9-16(15)24-2)11-18-17(22)20-13-6-8-21-14(10-13)5-7-19-21/h3-5,7,9,13H,6,8,10-11H2,1-2H3,(H2,18,20,22)/t13-/m1/s1. The number of carbonyl (C=O) groups excluding carboxylic acids is 1. The third-order valence-electron chi connectivity index (χ3n) is 4.19. The van der Waals surface area contributed by atoms with Gasteiger partial charge < -0.3 is 20.1 Å². The highest BCUT2D eigenvalue weighted by Gasteiger charge is 2.20. The van der Waals surface area contributed by atoms with Crippen LogP contribution in [0.25, 0.3) is 0 Å². The number of benzene rings is 1. The summed E-state index contributed by atoms with van der Waals surface area (Å²) >= 11 is 0. The minimum atomic E-state index is -0.164. The van der Waals surface area contributed by atoms with Gasteiger partial charge in [0.15, 0.2) is 11.5 Å². The number of aromatic nitrogens is 2. The SMILES string of the molecule is COc1ccc(CNC(=O)N[C@@H]2CCn3nccc3C2)cc1OC. The molecule has 1 atom stereocenters. The van der Waals surface area contributed by atoms with Crippen molar-refractivity contribution in [2.24, 2.45) is 0 Å². The van der Waals surface area contributed by atoms with Gasteiger partial charge in [0.1, 0.15) is 0 Å². The summed E-state index contributed by atoms with van der Waals surface area (Å²) in [6.45, 7) is 1.26. The number of hydrogen-bond donors (Lipinski definition) is 2. The molecule has 128 valence electrons. The Morgan fingerprint density at radius 3 is 2.92 bits per heavy atom. The summed E-state index contributed by atoms with van der Waals surface area (Å²) in [5, 5.41) is 10.2. The van der Waals surface area contributed by atoms with Crippen molar-refractivity contribution in [3.63, 3.8) is 0 Å². The first kappa shape index (κ1) is 16.2. The highest BCUT2D eigenvalue weighted by molar-refractivity contribution is 5.74. The van der Waals surface area contributed by atoms with Crippen molar-refractivity contribution in [3.8, 4) is 11.5 Å². The molecule has 0 spiro atoms. The normalized spacial score (nSPS) is 16.2. The second kappa shape index (κ2) is 7.25. The van der Waals surface area contributed by atoms with Crippen molar-refractivity contribution >= 4 is 6.03 Å². The molecule has 2 heterocycles. The predicted octanol–water partition coefficient (Wildman–Crippen LogP) is 1.71. The molecule has 0 aliphatic carbocycles. The number of methoxy groups -OCH3 is 2. The van der Waals surface area contributed by atoms with Gasteiger partial charge in [0.25, 0.3) is 0 Å². The van der Waals surface area contributed by atoms with Crippen molar-refractivity contribution < 1.29 is 14.3 Å². The van der Waals surface area contributed by atoms with Gasteiger partial charge in [-0.15, -0.1) is 0 Å². The fraction of sp³-hybridized carbons (Fsp3) is 0.412. The van der Waals surface area contributed by atoms with Gasteiger partial charge in [-0.25, -0.2) is 4.79 Å². The summed E-state index contributed by atoms with van der Waals surface area (Å²) in [5.41, 5.74) is 2.11. The van der Waals surface area contributed by atoms with E-state index < -0.39 is 0 Å². The molecule has 1 aromatic carbocycles. The summed E-state index contributed by atoms with van der Waals surface area (Å²) in [6.07, 6.45) is 3.50. The first-order chi connectivity index (χ1) is 11.7. The van der Waals surface area contributed by atoms with E-state index in [4.69, 9.17) is 9.47 Å². The number of amides is 2. The summed E-state index contributed by atoms with van der Waals surface area (Å²) < 4.78 is 12.5. The average Bonchev–Trinajstić information content (AvgIpc) is 3.07. The lowest BCUT2D eigenvalue weighted by molar-refractivity contribution is 0.233. The number of nitrogens with zero attached hydrogens (tertiary/aromatic N) is 2. The van der Waals surface area contributed by atoms with Crippen LogP contribution >= 0.6 is 0 Å². The molecule has 24 heavy (non-hydrogen) atoms. The predicted molar refractivity (Wildman–Crippen MR) is 89.3 cm³/mol. The molecule has 2 amide bonds. The van der Waals surface area contributed by atoms with Gasteiger partial charge in [0, 0.05) is 37.4 Å². The monoisotopic (exact) mass is 330 g/mol. The average molecular weight is 330 g/mol. The third kappa shape index (κ3) is 3.61. The van der Waals surface area contributed by atoms with Crippen LogP contribution in [0.4, 0.5) is 4.79 Å². The maximum atomic E-state index is 12.1. The van der Waals surface area contributed by atoms with Crippen molar-refractivity contribution in [1.29, 1.82) is 0 Å². The number of urea groups is 1. The van der Waals surface area contributed by atoms with Gasteiger partial charge in [-0.3, -0.25) is 4.68 Å². The van der Waals surface area contributed by atoms with Gasteiger partial charge in [-0.05, 0) is 30.2 Å². The second-order valence-corrected chi connectivity index (χ2v) is 5.75. The van der Waals surface area contributed by atoms with Gasteiger partial charge in [0.2, 0.25) is 0 Å². The maximum Gasteiger partial charge on any atom is 0.315 e. The van der Waals surface area contributed by atoms with E-state index in [1.54, 1.807) is 20.4 Å². The van der Waals surface area contributed by atoms with Crippen LogP contribution in [-0.4, -0.2) is 36.1 Å². The number of rotatable bonds is 5. The number of hydrogen-bond acceptors (Lipinski definition) is 4. The first-order valence-electron chi connectivity index (χ1n) is 7.95. The smallest absolute Gasteiger partial charge is 0.315 e. The Labute approximate surface area is 140 Å². The summed E-state index contributed by atoms with van der Waals surface area (Å²) in [6, 6.07) is 7.56. The number of fused-ring (bicyclic) bond motifs is 1. The van der Waals surface area contributed by atoms with Crippen LogP contribution in [0.1, 0.15) is 17.7 Å². The van der Waals surface area contributed by atoms with Crippen LogP contribution in [0.3, 0.4) is 0 Å². The molecule has 0 unspecified atom stereocenters. The first-order valence-corrected chi connectivity index (χ1v) is 7.95. The fourth-order valence-electron chi connectivity index (χ4n) is 2.90. The van der Waals surface area contributed by atoms with Gasteiger partial charge in [-0.2, -0.15) is 5.10 Å². The van der Waals surface area contributed by atoms with Crippen molar-refractivity contribution in [2.75, 3.05) is 14.2 Å². The van der Waals surface area contributed by atoms with Crippen molar-refractivity contribution in [1.82, 2.24) is 20.4 Å². The maximum absolute atomic E-state index is 12.1. The summed E-state index contributed by atoms with van der Waals surface area (Å²) in [5.74, 6) is 1.32. The molecule has 7 nitrogen and oxygen atoms in total. The number of aryl methyl sites for hydroxylation is 1. The highest BCUT2D eigenvalue weighted by atomic mass is 16.5. The Bertz CT molecular complexity index is 714. The number of ether oxygens (including phenoxy) is 2. The molecule has 2 N–H and O–H groups in total. The number of carbonyl (C=O) groups is 1. The quantitative estimate of drug-likeness (QED) is 0.875. The van der Waals surface area contributed by atoms with E-state index >= 15 is 0 Å². The largest absolute Gasteiger partial charge is 0.493 e. The van der Waals surface area contributed by atoms with E-state index in [0.29, 0.717) is 18.0 Å². The van der Waals surface area contributed by atoms with E-state index in [-0.39, 0.29) is 12.1 Å². The lowest BCUT2D eigenvalue weighted by Gasteiger charge is -2.24. The Balaban J connectivity index is 1.51. The van der Waals surface area contributed by atoms with E-state index in [1.165, 1.54) is 0 Å². The Morgan fingerprint density at radius 1 is 1.29 bits per heavy atom. The minimum absolute atomic E-state index is 0.139. The fourth-order valence-corrected chi connectivity index (χ4v) is 2.90. The van der Waals surface area contributed by atoms with E-state index in [0.717, 1.165) is 30.6 Å². The van der Waals surface area contributed by atoms with Crippen LogP contribution in [0, 0.1) is 0 Å². The summed E-state index contributed by atoms with van der Waals surface area (Å²) in [4.78, 5) is 12.1. The Kier molecular flexibility index (Phi) is 4.88. The van der Waals surface area contributed by atoms with Crippen molar-refractivity contribution in [3.05, 3.63) is 41.7 Å². The molecule has 0 saturated carbocycles. The molecular formula is C17H22N4O3. The molecular weight excluding hydrogens is 308 g/mol. The van der Waals surface area contributed by atoms with E-state index in [9.17, 15) is 4.79 Å².